The molecule has 0 bridgehead atoms. The average molecular weight is 315 g/mol. The Balaban J connectivity index is 1.97. The fraction of sp³-hybridized carbons (Fsp3) is 0.368. The zero-order valence-corrected chi connectivity index (χ0v) is 14.2. The second-order valence-electron chi connectivity index (χ2n) is 5.69. The fourth-order valence-electron chi connectivity index (χ4n) is 2.46. The minimum absolute atomic E-state index is 0.497. The van der Waals surface area contributed by atoms with E-state index in [9.17, 15) is 5.11 Å². The summed E-state index contributed by atoms with van der Waals surface area (Å²) in [6.07, 6.45) is -0.518. The number of hydrogen-bond acceptors (Lipinski definition) is 4. The lowest BCUT2D eigenvalue weighted by Crippen LogP contribution is -2.21. The van der Waals surface area contributed by atoms with Crippen LogP contribution in [0.4, 0.5) is 0 Å². The summed E-state index contributed by atoms with van der Waals surface area (Å²) in [4.78, 5) is 0. The van der Waals surface area contributed by atoms with Crippen LogP contribution in [0.25, 0.3) is 0 Å². The zero-order valence-electron chi connectivity index (χ0n) is 14.2. The molecule has 2 aromatic rings. The summed E-state index contributed by atoms with van der Waals surface area (Å²) in [6, 6.07) is 11.9. The SMILES string of the molecule is COc1cc(C)c(CNCC(O)c2ccc(C)cc2)cc1OC. The molecule has 2 aromatic carbocycles. The van der Waals surface area contributed by atoms with Gasteiger partial charge in [0.2, 0.25) is 0 Å². The van der Waals surface area contributed by atoms with Crippen LogP contribution in [0, 0.1) is 13.8 Å². The minimum Gasteiger partial charge on any atom is -0.493 e. The van der Waals surface area contributed by atoms with Crippen molar-refractivity contribution in [3.05, 3.63) is 58.7 Å². The summed E-state index contributed by atoms with van der Waals surface area (Å²) in [5.74, 6) is 1.45. The number of hydrogen-bond donors (Lipinski definition) is 2. The second-order valence-corrected chi connectivity index (χ2v) is 5.69. The maximum absolute atomic E-state index is 10.2. The Kier molecular flexibility index (Phi) is 6.02. The minimum atomic E-state index is -0.518. The van der Waals surface area contributed by atoms with Gasteiger partial charge >= 0.3 is 0 Å². The largest absolute Gasteiger partial charge is 0.493 e. The van der Waals surface area contributed by atoms with Gasteiger partial charge in [0.15, 0.2) is 11.5 Å². The Bertz CT molecular complexity index is 638. The van der Waals surface area contributed by atoms with Crippen LogP contribution in [-0.2, 0) is 6.54 Å². The van der Waals surface area contributed by atoms with Gasteiger partial charge in [0.25, 0.3) is 0 Å². The molecule has 0 heterocycles. The van der Waals surface area contributed by atoms with E-state index < -0.39 is 6.10 Å². The predicted molar refractivity (Wildman–Crippen MR) is 92.1 cm³/mol. The zero-order chi connectivity index (χ0) is 16.8. The van der Waals surface area contributed by atoms with Crippen molar-refractivity contribution in [1.82, 2.24) is 5.32 Å². The Morgan fingerprint density at radius 1 is 1.00 bits per heavy atom. The first kappa shape index (κ1) is 17.3. The molecule has 0 radical (unpaired) electrons. The molecular formula is C19H25NO3. The van der Waals surface area contributed by atoms with Crippen LogP contribution >= 0.6 is 0 Å². The van der Waals surface area contributed by atoms with E-state index in [1.165, 1.54) is 5.56 Å². The standard InChI is InChI=1S/C19H25NO3/c1-13-5-7-15(8-6-13)17(21)12-20-11-16-10-19(23-4)18(22-3)9-14(16)2/h5-10,17,20-21H,11-12H2,1-4H3. The molecule has 0 spiro atoms. The topological polar surface area (TPSA) is 50.7 Å². The lowest BCUT2D eigenvalue weighted by molar-refractivity contribution is 0.174. The van der Waals surface area contributed by atoms with E-state index in [4.69, 9.17) is 9.47 Å². The predicted octanol–water partition coefficient (Wildman–Crippen LogP) is 3.14. The van der Waals surface area contributed by atoms with E-state index in [0.29, 0.717) is 18.8 Å². The molecule has 1 atom stereocenters. The summed E-state index contributed by atoms with van der Waals surface area (Å²) in [7, 11) is 3.26. The van der Waals surface area contributed by atoms with Crippen LogP contribution in [-0.4, -0.2) is 25.9 Å². The van der Waals surface area contributed by atoms with Gasteiger partial charge in [0.05, 0.1) is 20.3 Å². The number of aliphatic hydroxyl groups is 1. The molecule has 124 valence electrons. The smallest absolute Gasteiger partial charge is 0.161 e. The number of rotatable bonds is 7. The molecule has 0 aliphatic carbocycles. The van der Waals surface area contributed by atoms with Gasteiger partial charge in [0.1, 0.15) is 0 Å². The summed E-state index contributed by atoms with van der Waals surface area (Å²) in [5, 5.41) is 13.5. The molecule has 0 aromatic heterocycles. The van der Waals surface area contributed by atoms with Crippen LogP contribution in [0.1, 0.15) is 28.4 Å². The second kappa shape index (κ2) is 7.99. The van der Waals surface area contributed by atoms with Crippen LogP contribution < -0.4 is 14.8 Å². The number of methoxy groups -OCH3 is 2. The van der Waals surface area contributed by atoms with Crippen molar-refractivity contribution in [1.29, 1.82) is 0 Å². The van der Waals surface area contributed by atoms with Crippen molar-refractivity contribution in [2.45, 2.75) is 26.5 Å². The van der Waals surface area contributed by atoms with Gasteiger partial charge in [-0.25, -0.2) is 0 Å². The highest BCUT2D eigenvalue weighted by Gasteiger charge is 2.10. The van der Waals surface area contributed by atoms with E-state index in [2.05, 4.69) is 5.32 Å². The van der Waals surface area contributed by atoms with E-state index in [1.54, 1.807) is 14.2 Å². The van der Waals surface area contributed by atoms with Gasteiger partial charge in [-0.3, -0.25) is 0 Å². The van der Waals surface area contributed by atoms with Crippen molar-refractivity contribution in [3.63, 3.8) is 0 Å². The first-order valence-electron chi connectivity index (χ1n) is 7.72. The molecule has 1 unspecified atom stereocenters. The molecular weight excluding hydrogens is 290 g/mol. The summed E-state index contributed by atoms with van der Waals surface area (Å²) < 4.78 is 10.6. The maximum Gasteiger partial charge on any atom is 0.161 e. The van der Waals surface area contributed by atoms with Crippen molar-refractivity contribution in [3.8, 4) is 11.5 Å². The molecule has 0 aliphatic heterocycles. The normalized spacial score (nSPS) is 12.0. The quantitative estimate of drug-likeness (QED) is 0.824. The maximum atomic E-state index is 10.2. The molecule has 2 N–H and O–H groups in total. The number of benzene rings is 2. The number of aryl methyl sites for hydroxylation is 2. The van der Waals surface area contributed by atoms with Crippen molar-refractivity contribution >= 4 is 0 Å². The number of ether oxygens (including phenoxy) is 2. The van der Waals surface area contributed by atoms with E-state index in [-0.39, 0.29) is 0 Å². The first-order valence-corrected chi connectivity index (χ1v) is 7.72. The third-order valence-corrected chi connectivity index (χ3v) is 3.96. The Morgan fingerprint density at radius 3 is 2.22 bits per heavy atom. The van der Waals surface area contributed by atoms with Gasteiger partial charge in [-0.15, -0.1) is 0 Å². The average Bonchev–Trinajstić information content (AvgIpc) is 2.56. The first-order chi connectivity index (χ1) is 11.0. The van der Waals surface area contributed by atoms with Crippen LogP contribution in [0.3, 0.4) is 0 Å². The van der Waals surface area contributed by atoms with Gasteiger partial charge in [-0.05, 0) is 42.7 Å². The Labute approximate surface area is 138 Å². The summed E-state index contributed by atoms with van der Waals surface area (Å²) in [5.41, 5.74) is 4.36. The number of nitrogens with one attached hydrogen (secondary N) is 1. The third-order valence-electron chi connectivity index (χ3n) is 3.96. The van der Waals surface area contributed by atoms with Crippen LogP contribution in [0.2, 0.25) is 0 Å². The van der Waals surface area contributed by atoms with E-state index >= 15 is 0 Å². The molecule has 0 aliphatic rings. The number of aliphatic hydroxyl groups excluding tert-OH is 1. The highest BCUT2D eigenvalue weighted by molar-refractivity contribution is 5.47. The van der Waals surface area contributed by atoms with Crippen molar-refractivity contribution in [2.24, 2.45) is 0 Å². The van der Waals surface area contributed by atoms with Crippen LogP contribution in [0.5, 0.6) is 11.5 Å². The Morgan fingerprint density at radius 2 is 1.61 bits per heavy atom. The van der Waals surface area contributed by atoms with Gasteiger partial charge < -0.3 is 19.9 Å². The van der Waals surface area contributed by atoms with Crippen molar-refractivity contribution in [2.75, 3.05) is 20.8 Å². The van der Waals surface area contributed by atoms with Crippen molar-refractivity contribution < 1.29 is 14.6 Å². The van der Waals surface area contributed by atoms with Gasteiger partial charge in [-0.2, -0.15) is 0 Å². The Hall–Kier alpha value is -2.04. The fourth-order valence-corrected chi connectivity index (χ4v) is 2.46. The molecule has 2 rings (SSSR count). The highest BCUT2D eigenvalue weighted by Crippen LogP contribution is 2.30. The lowest BCUT2D eigenvalue weighted by Gasteiger charge is -2.15. The van der Waals surface area contributed by atoms with Gasteiger partial charge in [-0.1, -0.05) is 29.8 Å². The molecule has 0 amide bonds. The highest BCUT2D eigenvalue weighted by atomic mass is 16.5. The summed E-state index contributed by atoms with van der Waals surface area (Å²) in [6.45, 7) is 5.23. The lowest BCUT2D eigenvalue weighted by atomic mass is 10.1. The summed E-state index contributed by atoms with van der Waals surface area (Å²) >= 11 is 0. The molecule has 0 fully saturated rings. The molecule has 0 saturated carbocycles. The third kappa shape index (κ3) is 4.47. The molecule has 4 heteroatoms. The van der Waals surface area contributed by atoms with Crippen LogP contribution in [0.15, 0.2) is 36.4 Å². The molecule has 4 nitrogen and oxygen atoms in total. The monoisotopic (exact) mass is 315 g/mol. The van der Waals surface area contributed by atoms with E-state index in [1.807, 2.05) is 50.2 Å². The van der Waals surface area contributed by atoms with E-state index in [0.717, 1.165) is 22.4 Å². The molecule has 0 saturated heterocycles. The molecule has 23 heavy (non-hydrogen) atoms. The van der Waals surface area contributed by atoms with Gasteiger partial charge in [0, 0.05) is 13.1 Å².